The third-order valence-electron chi connectivity index (χ3n) is 2.75. The number of halogens is 3. The summed E-state index contributed by atoms with van der Waals surface area (Å²) in [5, 5.41) is 2.34. The van der Waals surface area contributed by atoms with Gasteiger partial charge in [-0.05, 0) is 25.8 Å². The Hall–Kier alpha value is -1.44. The van der Waals surface area contributed by atoms with Gasteiger partial charge in [0, 0.05) is 5.69 Å². The van der Waals surface area contributed by atoms with E-state index in [0.717, 1.165) is 0 Å². The van der Waals surface area contributed by atoms with Crippen LogP contribution in [0.2, 0.25) is 0 Å². The molecule has 98 valence electrons. The van der Waals surface area contributed by atoms with Crippen LogP contribution in [0.4, 0.5) is 19.1 Å². The van der Waals surface area contributed by atoms with E-state index in [1.54, 1.807) is 6.92 Å². The van der Waals surface area contributed by atoms with Gasteiger partial charge in [0.1, 0.15) is 16.2 Å². The number of nitrogens with two attached hydrogens (primary N) is 1. The molecule has 3 N–H and O–H groups in total. The van der Waals surface area contributed by atoms with Gasteiger partial charge < -0.3 is 11.1 Å². The van der Waals surface area contributed by atoms with Gasteiger partial charge in [-0.3, -0.25) is 0 Å². The predicted molar refractivity (Wildman–Crippen MR) is 64.3 cm³/mol. The number of nitrogens with zero attached hydrogens (tertiary/aromatic N) is 2. The van der Waals surface area contributed by atoms with Gasteiger partial charge in [-0.2, -0.15) is 13.2 Å². The number of anilines is 1. The first-order valence-electron chi connectivity index (χ1n) is 5.24. The molecule has 0 atom stereocenters. The molecule has 0 aliphatic heterocycles. The van der Waals surface area contributed by atoms with Crippen molar-refractivity contribution < 1.29 is 13.2 Å². The summed E-state index contributed by atoms with van der Waals surface area (Å²) in [6.07, 6.45) is -4.27. The molecule has 18 heavy (non-hydrogen) atoms. The van der Waals surface area contributed by atoms with Crippen LogP contribution in [0.15, 0.2) is 6.07 Å². The van der Waals surface area contributed by atoms with Crippen molar-refractivity contribution in [2.24, 2.45) is 5.73 Å². The number of alkyl halides is 3. The molecule has 1 saturated carbocycles. The molecule has 4 nitrogen and oxygen atoms in total. The lowest BCUT2D eigenvalue weighted by Crippen LogP contribution is -2.39. The Bertz CT molecular complexity index is 496. The molecule has 1 heterocycles. The Morgan fingerprint density at radius 2 is 2.06 bits per heavy atom. The third kappa shape index (κ3) is 2.38. The van der Waals surface area contributed by atoms with Crippen molar-refractivity contribution in [3.05, 3.63) is 17.5 Å². The molecule has 8 heteroatoms. The second-order valence-electron chi connectivity index (χ2n) is 4.29. The summed E-state index contributed by atoms with van der Waals surface area (Å²) in [5.41, 5.74) is 4.28. The van der Waals surface area contributed by atoms with E-state index in [9.17, 15) is 13.2 Å². The Morgan fingerprint density at radius 1 is 1.44 bits per heavy atom. The molecular formula is C10H11F3N4S. The molecule has 2 rings (SSSR count). The molecule has 0 spiro atoms. The summed E-state index contributed by atoms with van der Waals surface area (Å²) in [4.78, 5) is 7.83. The highest BCUT2D eigenvalue weighted by atomic mass is 32.1. The molecule has 0 radical (unpaired) electrons. The number of hydrogen-bond acceptors (Lipinski definition) is 4. The molecule has 0 aromatic carbocycles. The number of rotatable bonds is 3. The van der Waals surface area contributed by atoms with Crippen LogP contribution in [0.3, 0.4) is 0 Å². The summed E-state index contributed by atoms with van der Waals surface area (Å²) in [7, 11) is 0. The fraction of sp³-hybridized carbons (Fsp3) is 0.500. The summed E-state index contributed by atoms with van der Waals surface area (Å²) >= 11 is 4.75. The zero-order valence-electron chi connectivity index (χ0n) is 9.51. The number of hydrogen-bond donors (Lipinski definition) is 2. The number of aryl methyl sites for hydroxylation is 1. The van der Waals surface area contributed by atoms with E-state index in [0.29, 0.717) is 5.69 Å². The van der Waals surface area contributed by atoms with Gasteiger partial charge in [-0.25, -0.2) is 9.97 Å². The standard InChI is InChI=1S/C10H11F3N4S/c1-5-4-6(7(14)18)16-8(15-5)17-9(2-3-9)10(11,12)13/h4H,2-3H2,1H3,(H2,14,18)(H,15,16,17). The second kappa shape index (κ2) is 4.04. The van der Waals surface area contributed by atoms with Crippen LogP contribution in [-0.4, -0.2) is 26.7 Å². The lowest BCUT2D eigenvalue weighted by Gasteiger charge is -2.21. The summed E-state index contributed by atoms with van der Waals surface area (Å²) in [5.74, 6) is -0.0902. The normalized spacial score (nSPS) is 17.3. The van der Waals surface area contributed by atoms with Crippen molar-refractivity contribution in [3.8, 4) is 0 Å². The predicted octanol–water partition coefficient (Wildman–Crippen LogP) is 1.93. The molecule has 1 aromatic heterocycles. The van der Waals surface area contributed by atoms with E-state index < -0.39 is 11.7 Å². The molecule has 1 aliphatic rings. The van der Waals surface area contributed by atoms with Crippen molar-refractivity contribution in [2.45, 2.75) is 31.5 Å². The van der Waals surface area contributed by atoms with Crippen LogP contribution in [0.1, 0.15) is 24.2 Å². The minimum absolute atomic E-state index is 0.0240. The zero-order chi connectivity index (χ0) is 13.6. The highest BCUT2D eigenvalue weighted by Crippen LogP contribution is 2.50. The van der Waals surface area contributed by atoms with Crippen LogP contribution in [0.25, 0.3) is 0 Å². The monoisotopic (exact) mass is 276 g/mol. The minimum Gasteiger partial charge on any atom is -0.388 e. The summed E-state index contributed by atoms with van der Waals surface area (Å²) in [6, 6.07) is 1.53. The smallest absolute Gasteiger partial charge is 0.388 e. The average molecular weight is 276 g/mol. The summed E-state index contributed by atoms with van der Waals surface area (Å²) in [6.45, 7) is 1.64. The van der Waals surface area contributed by atoms with Crippen molar-refractivity contribution >= 4 is 23.2 Å². The van der Waals surface area contributed by atoms with Gasteiger partial charge in [0.05, 0.1) is 0 Å². The maximum absolute atomic E-state index is 12.8. The van der Waals surface area contributed by atoms with Crippen molar-refractivity contribution in [2.75, 3.05) is 5.32 Å². The lowest BCUT2D eigenvalue weighted by molar-refractivity contribution is -0.151. The van der Waals surface area contributed by atoms with Crippen LogP contribution < -0.4 is 11.1 Å². The van der Waals surface area contributed by atoms with Crippen LogP contribution in [0.5, 0.6) is 0 Å². The SMILES string of the molecule is Cc1cc(C(N)=S)nc(NC2(C(F)(F)F)CC2)n1. The topological polar surface area (TPSA) is 63.8 Å². The zero-order valence-corrected chi connectivity index (χ0v) is 10.3. The van der Waals surface area contributed by atoms with Gasteiger partial charge in [-0.15, -0.1) is 0 Å². The lowest BCUT2D eigenvalue weighted by atomic mass is 10.2. The van der Waals surface area contributed by atoms with Crippen LogP contribution in [-0.2, 0) is 0 Å². The molecule has 1 fully saturated rings. The van der Waals surface area contributed by atoms with Gasteiger partial charge in [0.2, 0.25) is 5.95 Å². The van der Waals surface area contributed by atoms with Crippen LogP contribution in [0, 0.1) is 6.92 Å². The fourth-order valence-electron chi connectivity index (χ4n) is 1.57. The molecule has 0 bridgehead atoms. The molecule has 0 saturated heterocycles. The van der Waals surface area contributed by atoms with E-state index in [1.807, 2.05) is 0 Å². The van der Waals surface area contributed by atoms with Gasteiger partial charge >= 0.3 is 6.18 Å². The molecule has 0 unspecified atom stereocenters. The van der Waals surface area contributed by atoms with E-state index in [1.165, 1.54) is 6.07 Å². The highest BCUT2D eigenvalue weighted by molar-refractivity contribution is 7.80. The first kappa shape index (κ1) is 13.0. The van der Waals surface area contributed by atoms with Crippen LogP contribution >= 0.6 is 12.2 Å². The summed E-state index contributed by atoms with van der Waals surface area (Å²) < 4.78 is 38.3. The molecule has 1 aromatic rings. The average Bonchev–Trinajstić information content (AvgIpc) is 2.96. The first-order chi connectivity index (χ1) is 8.23. The Balaban J connectivity index is 2.28. The van der Waals surface area contributed by atoms with Gasteiger partial charge in [0.25, 0.3) is 0 Å². The Morgan fingerprint density at radius 3 is 2.50 bits per heavy atom. The molecule has 0 amide bonds. The quantitative estimate of drug-likeness (QED) is 0.826. The highest BCUT2D eigenvalue weighted by Gasteiger charge is 2.64. The number of thiocarbonyl (C=S) groups is 1. The second-order valence-corrected chi connectivity index (χ2v) is 4.73. The van der Waals surface area contributed by atoms with Crippen molar-refractivity contribution in [1.82, 2.24) is 9.97 Å². The van der Waals surface area contributed by atoms with Crippen molar-refractivity contribution in [1.29, 1.82) is 0 Å². The minimum atomic E-state index is -4.32. The Labute approximate surface area is 107 Å². The van der Waals surface area contributed by atoms with E-state index in [-0.39, 0.29) is 29.5 Å². The van der Waals surface area contributed by atoms with E-state index >= 15 is 0 Å². The molecule has 1 aliphatic carbocycles. The van der Waals surface area contributed by atoms with Crippen molar-refractivity contribution in [3.63, 3.8) is 0 Å². The largest absolute Gasteiger partial charge is 0.411 e. The maximum Gasteiger partial charge on any atom is 0.411 e. The van der Waals surface area contributed by atoms with E-state index in [4.69, 9.17) is 18.0 Å². The number of nitrogens with one attached hydrogen (secondary N) is 1. The third-order valence-corrected chi connectivity index (χ3v) is 2.96. The maximum atomic E-state index is 12.8. The number of aromatic nitrogens is 2. The fourth-order valence-corrected chi connectivity index (χ4v) is 1.67. The van der Waals surface area contributed by atoms with E-state index in [2.05, 4.69) is 15.3 Å². The first-order valence-corrected chi connectivity index (χ1v) is 5.65. The van der Waals surface area contributed by atoms with Gasteiger partial charge in [0.15, 0.2) is 0 Å². The Kier molecular flexibility index (Phi) is 2.92. The van der Waals surface area contributed by atoms with Gasteiger partial charge in [-0.1, -0.05) is 12.2 Å². The molecular weight excluding hydrogens is 265 g/mol.